The van der Waals surface area contributed by atoms with Gasteiger partial charge in [0.2, 0.25) is 0 Å². The Morgan fingerprint density at radius 2 is 1.62 bits per heavy atom. The summed E-state index contributed by atoms with van der Waals surface area (Å²) in [5.74, 6) is -0.159. The minimum Gasteiger partial charge on any atom is -0.451 e. The topological polar surface area (TPSA) is 29.5 Å². The third-order valence-corrected chi connectivity index (χ3v) is 4.95. The van der Waals surface area contributed by atoms with Crippen LogP contribution in [0.3, 0.4) is 0 Å². The second kappa shape index (κ2) is 6.62. The molecule has 3 heteroatoms. The summed E-state index contributed by atoms with van der Waals surface area (Å²) in [6.45, 7) is 0.982. The molecule has 2 aliphatic rings. The Morgan fingerprint density at radius 3 is 2.17 bits per heavy atom. The van der Waals surface area contributed by atoms with E-state index in [-0.39, 0.29) is 18.1 Å². The van der Waals surface area contributed by atoms with Crippen LogP contribution < -0.4 is 0 Å². The van der Waals surface area contributed by atoms with Gasteiger partial charge in [0, 0.05) is 12.6 Å². The van der Waals surface area contributed by atoms with E-state index in [1.807, 2.05) is 66.7 Å². The molecule has 0 radical (unpaired) electrons. The van der Waals surface area contributed by atoms with Crippen molar-refractivity contribution < 1.29 is 9.53 Å². The van der Waals surface area contributed by atoms with E-state index in [4.69, 9.17) is 4.74 Å². The number of rotatable bonds is 4. The van der Waals surface area contributed by atoms with Crippen molar-refractivity contribution in [1.82, 2.24) is 4.90 Å². The summed E-state index contributed by atoms with van der Waals surface area (Å²) >= 11 is 0. The summed E-state index contributed by atoms with van der Waals surface area (Å²) in [5, 5.41) is 0. The highest BCUT2D eigenvalue weighted by atomic mass is 16.5. The van der Waals surface area contributed by atoms with Gasteiger partial charge in [-0.25, -0.2) is 4.79 Å². The van der Waals surface area contributed by atoms with E-state index in [2.05, 4.69) is 11.0 Å². The van der Waals surface area contributed by atoms with Crippen LogP contribution in [0.4, 0.5) is 0 Å². The van der Waals surface area contributed by atoms with Gasteiger partial charge in [-0.05, 0) is 24.0 Å². The van der Waals surface area contributed by atoms with Crippen molar-refractivity contribution in [3.05, 3.63) is 83.9 Å². The van der Waals surface area contributed by atoms with E-state index < -0.39 is 0 Å². The zero-order valence-corrected chi connectivity index (χ0v) is 13.5. The van der Waals surface area contributed by atoms with Gasteiger partial charge in [-0.1, -0.05) is 72.8 Å². The van der Waals surface area contributed by atoms with Crippen LogP contribution in [0.5, 0.6) is 0 Å². The maximum atomic E-state index is 12.8. The summed E-state index contributed by atoms with van der Waals surface area (Å²) in [6, 6.07) is 20.2. The van der Waals surface area contributed by atoms with E-state index in [0.717, 1.165) is 24.1 Å². The largest absolute Gasteiger partial charge is 0.451 e. The third-order valence-electron chi connectivity index (χ3n) is 4.95. The summed E-state index contributed by atoms with van der Waals surface area (Å²) in [6.07, 6.45) is 5.96. The minimum atomic E-state index is -0.366. The molecule has 0 amide bonds. The number of esters is 1. The summed E-state index contributed by atoms with van der Waals surface area (Å²) < 4.78 is 5.98. The number of benzene rings is 2. The van der Waals surface area contributed by atoms with Crippen molar-refractivity contribution in [3.63, 3.8) is 0 Å². The molecule has 24 heavy (non-hydrogen) atoms. The van der Waals surface area contributed by atoms with E-state index in [9.17, 15) is 4.79 Å². The first-order valence-electron chi connectivity index (χ1n) is 8.56. The van der Waals surface area contributed by atoms with E-state index in [1.165, 1.54) is 6.42 Å². The van der Waals surface area contributed by atoms with Crippen molar-refractivity contribution in [2.75, 3.05) is 6.54 Å². The van der Waals surface area contributed by atoms with Gasteiger partial charge in [0.1, 0.15) is 6.04 Å². The number of carbonyl (C=O) groups excluding carboxylic acids is 1. The predicted octanol–water partition coefficient (Wildman–Crippen LogP) is 3.72. The number of hydrogen-bond donors (Lipinski definition) is 0. The normalized spacial score (nSPS) is 22.7. The highest BCUT2D eigenvalue weighted by molar-refractivity contribution is 5.79. The molecule has 0 saturated carbocycles. The fourth-order valence-electron chi connectivity index (χ4n) is 3.54. The zero-order valence-electron chi connectivity index (χ0n) is 13.5. The number of carbonyl (C=O) groups is 1. The van der Waals surface area contributed by atoms with Crippen LogP contribution in [0.25, 0.3) is 0 Å². The van der Waals surface area contributed by atoms with Gasteiger partial charge in [0.15, 0.2) is 6.10 Å². The lowest BCUT2D eigenvalue weighted by molar-refractivity contribution is -0.155. The van der Waals surface area contributed by atoms with Crippen LogP contribution in [0.2, 0.25) is 0 Å². The van der Waals surface area contributed by atoms with Crippen molar-refractivity contribution in [1.29, 1.82) is 0 Å². The van der Waals surface area contributed by atoms with Gasteiger partial charge in [-0.15, -0.1) is 0 Å². The highest BCUT2D eigenvalue weighted by Crippen LogP contribution is 2.31. The predicted molar refractivity (Wildman–Crippen MR) is 93.5 cm³/mol. The van der Waals surface area contributed by atoms with Gasteiger partial charge in [0.25, 0.3) is 0 Å². The Hall–Kier alpha value is -2.39. The summed E-state index contributed by atoms with van der Waals surface area (Å²) in [7, 11) is 0. The Morgan fingerprint density at radius 1 is 1.00 bits per heavy atom. The van der Waals surface area contributed by atoms with Gasteiger partial charge >= 0.3 is 5.97 Å². The van der Waals surface area contributed by atoms with E-state index in [1.54, 1.807) is 0 Å². The number of fused-ring (bicyclic) bond motifs is 1. The maximum absolute atomic E-state index is 12.8. The summed E-state index contributed by atoms with van der Waals surface area (Å²) in [5.41, 5.74) is 1.99. The third kappa shape index (κ3) is 2.87. The maximum Gasteiger partial charge on any atom is 0.328 e. The summed E-state index contributed by atoms with van der Waals surface area (Å²) in [4.78, 5) is 15.1. The second-order valence-corrected chi connectivity index (χ2v) is 6.43. The van der Waals surface area contributed by atoms with Crippen LogP contribution >= 0.6 is 0 Å². The minimum absolute atomic E-state index is 0.159. The van der Waals surface area contributed by atoms with Gasteiger partial charge in [-0.3, -0.25) is 4.90 Å². The highest BCUT2D eigenvalue weighted by Gasteiger charge is 2.39. The molecule has 2 aromatic rings. The lowest BCUT2D eigenvalue weighted by Gasteiger charge is -2.46. The molecule has 4 rings (SSSR count). The molecule has 3 nitrogen and oxygen atoms in total. The lowest BCUT2D eigenvalue weighted by atomic mass is 9.92. The Balaban J connectivity index is 1.59. The molecule has 0 spiro atoms. The lowest BCUT2D eigenvalue weighted by Crippen LogP contribution is -2.57. The van der Waals surface area contributed by atoms with Crippen LogP contribution in [0.1, 0.15) is 30.1 Å². The Bertz CT molecular complexity index is 687. The van der Waals surface area contributed by atoms with Crippen LogP contribution in [0.15, 0.2) is 72.8 Å². The number of hydrogen-bond acceptors (Lipinski definition) is 3. The fourth-order valence-corrected chi connectivity index (χ4v) is 3.54. The van der Waals surface area contributed by atoms with E-state index in [0.29, 0.717) is 6.04 Å². The van der Waals surface area contributed by atoms with Crippen molar-refractivity contribution >= 4 is 5.97 Å². The molecule has 2 atom stereocenters. The first-order valence-corrected chi connectivity index (χ1v) is 8.56. The molecule has 1 fully saturated rings. The molecule has 122 valence electrons. The first kappa shape index (κ1) is 15.2. The molecule has 0 aromatic heterocycles. The molecule has 0 aliphatic carbocycles. The Labute approximate surface area is 142 Å². The van der Waals surface area contributed by atoms with E-state index >= 15 is 0 Å². The van der Waals surface area contributed by atoms with Crippen molar-refractivity contribution in [2.45, 2.75) is 31.0 Å². The van der Waals surface area contributed by atoms with Crippen molar-refractivity contribution in [2.24, 2.45) is 0 Å². The van der Waals surface area contributed by atoms with Crippen molar-refractivity contribution in [3.8, 4) is 0 Å². The molecular formula is C21H21NO2. The van der Waals surface area contributed by atoms with Crippen LogP contribution in [-0.4, -0.2) is 29.5 Å². The standard InChI is InChI=1S/C21H21NO2/c23-21(19-13-7-12-18-14-15-22(18)19)24-20(16-8-3-1-4-9-16)17-10-5-2-6-11-17/h1-11,13,18-20H,12,14-15H2. The molecule has 1 saturated heterocycles. The molecule has 2 unspecified atom stereocenters. The first-order chi connectivity index (χ1) is 11.8. The molecule has 2 heterocycles. The van der Waals surface area contributed by atoms with Crippen LogP contribution in [-0.2, 0) is 9.53 Å². The molecule has 2 aliphatic heterocycles. The SMILES string of the molecule is O=C(OC(c1ccccc1)c1ccccc1)C1C=CCC2CCN21. The van der Waals surface area contributed by atoms with Gasteiger partial charge in [0.05, 0.1) is 0 Å². The molecule has 2 aromatic carbocycles. The monoisotopic (exact) mass is 319 g/mol. The fraction of sp³-hybridized carbons (Fsp3) is 0.286. The Kier molecular flexibility index (Phi) is 4.18. The average Bonchev–Trinajstić information content (AvgIpc) is 2.62. The second-order valence-electron chi connectivity index (χ2n) is 6.43. The zero-order chi connectivity index (χ0) is 16.4. The number of nitrogens with zero attached hydrogens (tertiary/aromatic N) is 1. The van der Waals surface area contributed by atoms with Crippen LogP contribution in [0, 0.1) is 0 Å². The smallest absolute Gasteiger partial charge is 0.328 e. The van der Waals surface area contributed by atoms with Gasteiger partial charge < -0.3 is 4.74 Å². The molecule has 0 N–H and O–H groups in total. The molecule has 0 bridgehead atoms. The average molecular weight is 319 g/mol. The quantitative estimate of drug-likeness (QED) is 0.635. The molecular weight excluding hydrogens is 298 g/mol. The number of ether oxygens (including phenoxy) is 1. The van der Waals surface area contributed by atoms with Gasteiger partial charge in [-0.2, -0.15) is 0 Å².